The summed E-state index contributed by atoms with van der Waals surface area (Å²) in [5.74, 6) is 0.370. The first-order chi connectivity index (χ1) is 10.1. The third-order valence-electron chi connectivity index (χ3n) is 4.82. The van der Waals surface area contributed by atoms with Gasteiger partial charge >= 0.3 is 6.09 Å². The van der Waals surface area contributed by atoms with E-state index in [0.717, 1.165) is 24.8 Å². The summed E-state index contributed by atoms with van der Waals surface area (Å²) >= 11 is 0. The van der Waals surface area contributed by atoms with E-state index >= 15 is 0 Å². The molecule has 4 nitrogen and oxygen atoms in total. The Balaban J connectivity index is 1.62. The highest BCUT2D eigenvalue weighted by Crippen LogP contribution is 2.48. The Kier molecular flexibility index (Phi) is 3.89. The molecule has 1 heterocycles. The summed E-state index contributed by atoms with van der Waals surface area (Å²) in [5, 5.41) is 10.8. The maximum Gasteiger partial charge on any atom is 0.410 e. The molecule has 2 aliphatic rings. The van der Waals surface area contributed by atoms with Crippen LogP contribution in [0.3, 0.4) is 0 Å². The molecule has 1 saturated heterocycles. The largest absolute Gasteiger partial charge is 0.445 e. The monoisotopic (exact) mass is 289 g/mol. The Hall–Kier alpha value is -1.55. The van der Waals surface area contributed by atoms with E-state index in [0.29, 0.717) is 18.9 Å². The minimum atomic E-state index is -0.694. The van der Waals surface area contributed by atoms with E-state index < -0.39 is 5.60 Å². The molecule has 0 bridgehead atoms. The maximum atomic E-state index is 12.3. The van der Waals surface area contributed by atoms with Crippen LogP contribution in [0.5, 0.6) is 0 Å². The molecule has 0 radical (unpaired) electrons. The zero-order chi connectivity index (χ0) is 14.9. The van der Waals surface area contributed by atoms with Gasteiger partial charge in [0.25, 0.3) is 0 Å². The quantitative estimate of drug-likeness (QED) is 0.927. The van der Waals surface area contributed by atoms with Gasteiger partial charge in [0.2, 0.25) is 0 Å². The van der Waals surface area contributed by atoms with Gasteiger partial charge in [0.15, 0.2) is 0 Å². The Bertz CT molecular complexity index is 500. The second-order valence-electron chi connectivity index (χ2n) is 6.17. The van der Waals surface area contributed by atoms with Gasteiger partial charge in [-0.15, -0.1) is 0 Å². The molecule has 1 aliphatic carbocycles. The van der Waals surface area contributed by atoms with E-state index in [1.54, 1.807) is 4.90 Å². The summed E-state index contributed by atoms with van der Waals surface area (Å²) in [6.45, 7) is 2.91. The van der Waals surface area contributed by atoms with Gasteiger partial charge in [-0.2, -0.15) is 0 Å². The van der Waals surface area contributed by atoms with Gasteiger partial charge in [0, 0.05) is 6.54 Å². The molecule has 3 rings (SSSR count). The lowest BCUT2D eigenvalue weighted by atomic mass is 9.87. The number of benzene rings is 1. The third kappa shape index (κ3) is 2.77. The number of rotatable bonds is 4. The number of likely N-dealkylation sites (tertiary alicyclic amines) is 1. The van der Waals surface area contributed by atoms with E-state index in [2.05, 4.69) is 0 Å². The van der Waals surface area contributed by atoms with Crippen molar-refractivity contribution < 1.29 is 14.6 Å². The summed E-state index contributed by atoms with van der Waals surface area (Å²) in [6, 6.07) is 9.58. The number of carbonyl (C=O) groups excluding carboxylic acids is 1. The van der Waals surface area contributed by atoms with Gasteiger partial charge in [0.05, 0.1) is 11.6 Å². The van der Waals surface area contributed by atoms with Crippen molar-refractivity contribution in [3.05, 3.63) is 35.9 Å². The minimum Gasteiger partial charge on any atom is -0.445 e. The SMILES string of the molecule is CC[C@@H]1N(C(=O)OCc2ccccc2)CCC1(O)C1CC1. The van der Waals surface area contributed by atoms with Crippen LogP contribution in [0, 0.1) is 5.92 Å². The molecule has 4 heteroatoms. The Morgan fingerprint density at radius 3 is 2.71 bits per heavy atom. The number of hydrogen-bond donors (Lipinski definition) is 1. The smallest absolute Gasteiger partial charge is 0.410 e. The highest BCUT2D eigenvalue weighted by Gasteiger charge is 2.55. The second-order valence-corrected chi connectivity index (χ2v) is 6.17. The molecule has 21 heavy (non-hydrogen) atoms. The molecule has 0 aromatic heterocycles. The van der Waals surface area contributed by atoms with Crippen molar-refractivity contribution in [2.24, 2.45) is 5.92 Å². The highest BCUT2D eigenvalue weighted by atomic mass is 16.6. The first-order valence-electron chi connectivity index (χ1n) is 7.85. The van der Waals surface area contributed by atoms with Crippen molar-refractivity contribution >= 4 is 6.09 Å². The summed E-state index contributed by atoms with van der Waals surface area (Å²) < 4.78 is 5.41. The molecule has 1 aliphatic heterocycles. The first kappa shape index (κ1) is 14.4. The number of hydrogen-bond acceptors (Lipinski definition) is 3. The van der Waals surface area contributed by atoms with Gasteiger partial charge in [-0.05, 0) is 37.2 Å². The predicted molar refractivity (Wildman–Crippen MR) is 79.7 cm³/mol. The molecule has 1 aromatic rings. The molecule has 1 unspecified atom stereocenters. The van der Waals surface area contributed by atoms with Crippen molar-refractivity contribution in [2.45, 2.75) is 50.9 Å². The van der Waals surface area contributed by atoms with E-state index in [1.165, 1.54) is 0 Å². The fourth-order valence-corrected chi connectivity index (χ4v) is 3.55. The molecule has 1 saturated carbocycles. The lowest BCUT2D eigenvalue weighted by Crippen LogP contribution is -2.48. The van der Waals surface area contributed by atoms with Gasteiger partial charge in [-0.3, -0.25) is 0 Å². The molecule has 2 fully saturated rings. The van der Waals surface area contributed by atoms with Crippen LogP contribution in [0.15, 0.2) is 30.3 Å². The van der Waals surface area contributed by atoms with Gasteiger partial charge < -0.3 is 14.7 Å². The molecular weight excluding hydrogens is 266 g/mol. The summed E-state index contributed by atoms with van der Waals surface area (Å²) in [5.41, 5.74) is 0.288. The average molecular weight is 289 g/mol. The average Bonchev–Trinajstić information content (AvgIpc) is 3.30. The van der Waals surface area contributed by atoms with Crippen LogP contribution in [0.2, 0.25) is 0 Å². The topological polar surface area (TPSA) is 49.8 Å². The van der Waals surface area contributed by atoms with Crippen molar-refractivity contribution in [1.29, 1.82) is 0 Å². The van der Waals surface area contributed by atoms with Crippen LogP contribution >= 0.6 is 0 Å². The van der Waals surface area contributed by atoms with Gasteiger partial charge in [-0.1, -0.05) is 37.3 Å². The van der Waals surface area contributed by atoms with Crippen LogP contribution in [0.25, 0.3) is 0 Å². The Labute approximate surface area is 125 Å². The van der Waals surface area contributed by atoms with E-state index in [4.69, 9.17) is 4.74 Å². The Morgan fingerprint density at radius 1 is 1.38 bits per heavy atom. The first-order valence-corrected chi connectivity index (χ1v) is 7.85. The molecular formula is C17H23NO3. The van der Waals surface area contributed by atoms with Crippen LogP contribution in [0.4, 0.5) is 4.79 Å². The predicted octanol–water partition coefficient (Wildman–Crippen LogP) is 2.95. The molecule has 114 valence electrons. The van der Waals surface area contributed by atoms with Crippen molar-refractivity contribution in [3.8, 4) is 0 Å². The molecule has 0 spiro atoms. The second kappa shape index (κ2) is 5.68. The van der Waals surface area contributed by atoms with E-state index in [1.807, 2.05) is 37.3 Å². The van der Waals surface area contributed by atoms with Crippen LogP contribution < -0.4 is 0 Å². The van der Waals surface area contributed by atoms with Crippen molar-refractivity contribution in [2.75, 3.05) is 6.54 Å². The molecule has 1 amide bonds. The zero-order valence-electron chi connectivity index (χ0n) is 12.5. The zero-order valence-corrected chi connectivity index (χ0v) is 12.5. The standard InChI is InChI=1S/C17H23NO3/c1-2-15-17(20,14-8-9-14)10-11-18(15)16(19)21-12-13-6-4-3-5-7-13/h3-7,14-15,20H,2,8-12H2,1H3/t15-,17?/m0/s1. The third-order valence-corrected chi connectivity index (χ3v) is 4.82. The van der Waals surface area contributed by atoms with E-state index in [-0.39, 0.29) is 18.7 Å². The molecule has 1 aromatic carbocycles. The number of ether oxygens (including phenoxy) is 1. The number of carbonyl (C=O) groups is 1. The highest BCUT2D eigenvalue weighted by molar-refractivity contribution is 5.69. The number of nitrogens with zero attached hydrogens (tertiary/aromatic N) is 1. The van der Waals surface area contributed by atoms with Gasteiger partial charge in [0.1, 0.15) is 6.61 Å². The molecule has 2 atom stereocenters. The minimum absolute atomic E-state index is 0.103. The number of aliphatic hydroxyl groups is 1. The number of amides is 1. The van der Waals surface area contributed by atoms with Crippen LogP contribution in [0.1, 0.15) is 38.2 Å². The lowest BCUT2D eigenvalue weighted by Gasteiger charge is -2.33. The van der Waals surface area contributed by atoms with Crippen LogP contribution in [-0.4, -0.2) is 34.3 Å². The fourth-order valence-electron chi connectivity index (χ4n) is 3.55. The van der Waals surface area contributed by atoms with Gasteiger partial charge in [-0.25, -0.2) is 4.79 Å². The summed E-state index contributed by atoms with van der Waals surface area (Å²) in [6.07, 6.45) is 3.31. The van der Waals surface area contributed by atoms with Crippen LogP contribution in [-0.2, 0) is 11.3 Å². The normalized spacial score (nSPS) is 28.7. The lowest BCUT2D eigenvalue weighted by molar-refractivity contribution is -0.0185. The van der Waals surface area contributed by atoms with Crippen molar-refractivity contribution in [1.82, 2.24) is 4.90 Å². The summed E-state index contributed by atoms with van der Waals surface area (Å²) in [7, 11) is 0. The fraction of sp³-hybridized carbons (Fsp3) is 0.588. The maximum absolute atomic E-state index is 12.3. The van der Waals surface area contributed by atoms with E-state index in [9.17, 15) is 9.90 Å². The Morgan fingerprint density at radius 2 is 2.10 bits per heavy atom. The summed E-state index contributed by atoms with van der Waals surface area (Å²) in [4.78, 5) is 14.0. The molecule has 1 N–H and O–H groups in total. The van der Waals surface area contributed by atoms with Crippen molar-refractivity contribution in [3.63, 3.8) is 0 Å².